The van der Waals surface area contributed by atoms with E-state index in [4.69, 9.17) is 14.2 Å². The van der Waals surface area contributed by atoms with Crippen LogP contribution in [0.15, 0.2) is 52.0 Å². The number of hydrogen-bond donors (Lipinski definition) is 2. The second-order valence-corrected chi connectivity index (χ2v) is 6.68. The third kappa shape index (κ3) is 5.01. The van der Waals surface area contributed by atoms with Gasteiger partial charge >= 0.3 is 0 Å². The molecule has 1 aliphatic rings. The summed E-state index contributed by atoms with van der Waals surface area (Å²) in [5, 5.41) is 6.38. The first kappa shape index (κ1) is 19.7. The SMILES string of the molecule is COc1ccc(Br)cc1/C=N/NC(=O)CNC(=O)C1COc2ccccc2O1. The molecule has 1 atom stereocenters. The minimum Gasteiger partial charge on any atom is -0.496 e. The van der Waals surface area contributed by atoms with Gasteiger partial charge in [0.2, 0.25) is 6.10 Å². The molecule has 28 heavy (non-hydrogen) atoms. The normalized spacial score (nSPS) is 15.1. The van der Waals surface area contributed by atoms with Crippen molar-refractivity contribution in [2.75, 3.05) is 20.3 Å². The number of methoxy groups -OCH3 is 1. The van der Waals surface area contributed by atoms with Gasteiger partial charge in [0.15, 0.2) is 11.5 Å². The zero-order valence-electron chi connectivity index (χ0n) is 15.0. The van der Waals surface area contributed by atoms with Crippen LogP contribution in [0.25, 0.3) is 0 Å². The number of rotatable bonds is 6. The van der Waals surface area contributed by atoms with E-state index in [1.165, 1.54) is 6.21 Å². The lowest BCUT2D eigenvalue weighted by Gasteiger charge is -2.25. The summed E-state index contributed by atoms with van der Waals surface area (Å²) in [6.45, 7) is -0.168. The number of fused-ring (bicyclic) bond motifs is 1. The second kappa shape index (κ2) is 9.23. The van der Waals surface area contributed by atoms with E-state index in [0.29, 0.717) is 22.8 Å². The highest BCUT2D eigenvalue weighted by Crippen LogP contribution is 2.30. The number of hydrazone groups is 1. The van der Waals surface area contributed by atoms with Crippen LogP contribution in [0.1, 0.15) is 5.56 Å². The van der Waals surface area contributed by atoms with Gasteiger partial charge < -0.3 is 19.5 Å². The molecule has 2 aromatic rings. The summed E-state index contributed by atoms with van der Waals surface area (Å²) in [4.78, 5) is 24.1. The fourth-order valence-corrected chi connectivity index (χ4v) is 2.83. The first-order valence-corrected chi connectivity index (χ1v) is 9.18. The van der Waals surface area contributed by atoms with Crippen molar-refractivity contribution in [3.8, 4) is 17.2 Å². The van der Waals surface area contributed by atoms with Gasteiger partial charge in [-0.3, -0.25) is 9.59 Å². The molecular weight excluding hydrogens is 430 g/mol. The Bertz CT molecular complexity index is 903. The summed E-state index contributed by atoms with van der Waals surface area (Å²) in [7, 11) is 1.55. The largest absolute Gasteiger partial charge is 0.496 e. The highest BCUT2D eigenvalue weighted by Gasteiger charge is 2.27. The maximum atomic E-state index is 12.2. The minimum absolute atomic E-state index is 0.0747. The number of amides is 2. The Morgan fingerprint density at radius 2 is 2.07 bits per heavy atom. The average Bonchev–Trinajstić information content (AvgIpc) is 2.72. The molecule has 0 fully saturated rings. The van der Waals surface area contributed by atoms with E-state index >= 15 is 0 Å². The molecule has 9 heteroatoms. The van der Waals surface area contributed by atoms with Crippen LogP contribution in [0.2, 0.25) is 0 Å². The Labute approximate surface area is 170 Å². The van der Waals surface area contributed by atoms with Gasteiger partial charge in [-0.05, 0) is 30.3 Å². The first-order chi connectivity index (χ1) is 13.6. The van der Waals surface area contributed by atoms with Crippen molar-refractivity contribution in [1.29, 1.82) is 0 Å². The smallest absolute Gasteiger partial charge is 0.265 e. The molecule has 1 aliphatic heterocycles. The molecule has 8 nitrogen and oxygen atoms in total. The number of ether oxygens (including phenoxy) is 3. The van der Waals surface area contributed by atoms with Crippen LogP contribution in [0.4, 0.5) is 0 Å². The number of carbonyl (C=O) groups excluding carboxylic acids is 2. The number of benzene rings is 2. The van der Waals surface area contributed by atoms with E-state index in [9.17, 15) is 9.59 Å². The van der Waals surface area contributed by atoms with E-state index in [1.807, 2.05) is 12.1 Å². The predicted octanol–water partition coefficient (Wildman–Crippen LogP) is 1.86. The van der Waals surface area contributed by atoms with Gasteiger partial charge in [-0.15, -0.1) is 0 Å². The third-order valence-corrected chi connectivity index (χ3v) is 4.30. The van der Waals surface area contributed by atoms with Crippen LogP contribution in [0.5, 0.6) is 17.2 Å². The monoisotopic (exact) mass is 447 g/mol. The van der Waals surface area contributed by atoms with Crippen molar-refractivity contribution in [3.63, 3.8) is 0 Å². The topological polar surface area (TPSA) is 98.2 Å². The second-order valence-electron chi connectivity index (χ2n) is 5.76. The number of carbonyl (C=O) groups is 2. The summed E-state index contributed by atoms with van der Waals surface area (Å²) in [5.41, 5.74) is 3.04. The van der Waals surface area contributed by atoms with Gasteiger partial charge in [0.1, 0.15) is 12.4 Å². The van der Waals surface area contributed by atoms with Crippen LogP contribution < -0.4 is 25.0 Å². The summed E-state index contributed by atoms with van der Waals surface area (Å²) >= 11 is 3.36. The number of nitrogens with one attached hydrogen (secondary N) is 2. The highest BCUT2D eigenvalue weighted by atomic mass is 79.9. The van der Waals surface area contributed by atoms with Gasteiger partial charge in [0.05, 0.1) is 19.9 Å². The maximum absolute atomic E-state index is 12.2. The van der Waals surface area contributed by atoms with Crippen LogP contribution in [-0.2, 0) is 9.59 Å². The molecule has 2 aromatic carbocycles. The van der Waals surface area contributed by atoms with Crippen molar-refractivity contribution >= 4 is 34.0 Å². The van der Waals surface area contributed by atoms with Crippen LogP contribution in [0.3, 0.4) is 0 Å². The lowest BCUT2D eigenvalue weighted by Crippen LogP contribution is -2.46. The minimum atomic E-state index is -0.822. The zero-order chi connectivity index (χ0) is 19.9. The van der Waals surface area contributed by atoms with Crippen molar-refractivity contribution in [2.45, 2.75) is 6.10 Å². The molecule has 1 unspecified atom stereocenters. The Morgan fingerprint density at radius 1 is 1.29 bits per heavy atom. The van der Waals surface area contributed by atoms with E-state index in [0.717, 1.165) is 4.47 Å². The van der Waals surface area contributed by atoms with E-state index in [-0.39, 0.29) is 13.2 Å². The molecule has 1 heterocycles. The number of hydrogen-bond acceptors (Lipinski definition) is 6. The molecule has 2 amide bonds. The highest BCUT2D eigenvalue weighted by molar-refractivity contribution is 9.10. The fraction of sp³-hybridized carbons (Fsp3) is 0.211. The molecule has 3 rings (SSSR count). The fourth-order valence-electron chi connectivity index (χ4n) is 2.45. The quantitative estimate of drug-likeness (QED) is 0.520. The number of halogens is 1. The third-order valence-electron chi connectivity index (χ3n) is 3.81. The number of nitrogens with zero attached hydrogens (tertiary/aromatic N) is 1. The molecule has 0 aromatic heterocycles. The van der Waals surface area contributed by atoms with Gasteiger partial charge in [0.25, 0.3) is 11.8 Å². The van der Waals surface area contributed by atoms with E-state index in [2.05, 4.69) is 31.8 Å². The number of para-hydroxylation sites is 2. The summed E-state index contributed by atoms with van der Waals surface area (Å²) in [6.07, 6.45) is 0.635. The van der Waals surface area contributed by atoms with Gasteiger partial charge in [0, 0.05) is 10.0 Å². The Hall–Kier alpha value is -3.07. The summed E-state index contributed by atoms with van der Waals surface area (Å²) in [6, 6.07) is 12.5. The molecule has 0 radical (unpaired) electrons. The lowest BCUT2D eigenvalue weighted by molar-refractivity contribution is -0.132. The Morgan fingerprint density at radius 3 is 2.86 bits per heavy atom. The summed E-state index contributed by atoms with van der Waals surface area (Å²) < 4.78 is 17.1. The van der Waals surface area contributed by atoms with Crippen LogP contribution >= 0.6 is 15.9 Å². The van der Waals surface area contributed by atoms with E-state index < -0.39 is 17.9 Å². The van der Waals surface area contributed by atoms with Gasteiger partial charge in [-0.1, -0.05) is 28.1 Å². The first-order valence-electron chi connectivity index (χ1n) is 8.38. The Balaban J connectivity index is 1.47. The van der Waals surface area contributed by atoms with Gasteiger partial charge in [-0.2, -0.15) is 5.10 Å². The van der Waals surface area contributed by atoms with Gasteiger partial charge in [-0.25, -0.2) is 5.43 Å². The van der Waals surface area contributed by atoms with Crippen LogP contribution in [0, 0.1) is 0 Å². The standard InChI is InChI=1S/C19H18BrN3O5/c1-26-14-7-6-13(20)8-12(14)9-22-23-18(24)10-21-19(25)17-11-27-15-4-2-3-5-16(15)28-17/h2-9,17H,10-11H2,1H3,(H,21,25)(H,23,24)/b22-9+. The van der Waals surface area contributed by atoms with Crippen molar-refractivity contribution in [3.05, 3.63) is 52.5 Å². The van der Waals surface area contributed by atoms with E-state index in [1.54, 1.807) is 37.4 Å². The molecule has 2 N–H and O–H groups in total. The van der Waals surface area contributed by atoms with Crippen molar-refractivity contribution < 1.29 is 23.8 Å². The van der Waals surface area contributed by atoms with Crippen LogP contribution in [-0.4, -0.2) is 44.4 Å². The molecule has 0 aliphatic carbocycles. The molecular formula is C19H18BrN3O5. The maximum Gasteiger partial charge on any atom is 0.265 e. The Kier molecular flexibility index (Phi) is 6.49. The molecule has 0 saturated carbocycles. The zero-order valence-corrected chi connectivity index (χ0v) is 16.6. The summed E-state index contributed by atoms with van der Waals surface area (Å²) in [5.74, 6) is 0.773. The molecule has 0 saturated heterocycles. The average molecular weight is 448 g/mol. The molecule has 0 bridgehead atoms. The van der Waals surface area contributed by atoms with Crippen molar-refractivity contribution in [2.24, 2.45) is 5.10 Å². The lowest BCUT2D eigenvalue weighted by atomic mass is 10.2. The molecule has 146 valence electrons. The predicted molar refractivity (Wildman–Crippen MR) is 106 cm³/mol. The molecule has 0 spiro atoms. The van der Waals surface area contributed by atoms with Crippen molar-refractivity contribution in [1.82, 2.24) is 10.7 Å².